The lowest BCUT2D eigenvalue weighted by Gasteiger charge is -2.43. The molecule has 2 aliphatic carbocycles. The maximum Gasteiger partial charge on any atom is 0.277 e. The van der Waals surface area contributed by atoms with Crippen LogP contribution in [0.15, 0.2) is 115 Å². The fraction of sp³-hybridized carbons (Fsp3) is 0.375. The van der Waals surface area contributed by atoms with Crippen LogP contribution in [-0.2, 0) is 32.5 Å². The molecule has 0 unspecified atom stereocenters. The van der Waals surface area contributed by atoms with E-state index in [1.807, 2.05) is 0 Å². The van der Waals surface area contributed by atoms with Crippen LogP contribution < -0.4 is 24.8 Å². The molecule has 0 N–H and O–H groups in total. The number of fused-ring (bicyclic) bond motifs is 10. The van der Waals surface area contributed by atoms with Crippen LogP contribution in [0.3, 0.4) is 0 Å². The molecule has 0 amide bonds. The Kier molecular flexibility index (Phi) is 9.62. The molecule has 2 aromatic heterocycles. The molecule has 4 heterocycles. The Hall–Kier alpha value is -5.10. The third-order valence-electron chi connectivity index (χ3n) is 17.3. The van der Waals surface area contributed by atoms with E-state index in [1.165, 1.54) is 140 Å². The molecule has 2 nitrogen and oxygen atoms in total. The molecule has 0 saturated carbocycles. The van der Waals surface area contributed by atoms with Crippen molar-refractivity contribution in [1.29, 1.82) is 0 Å². The Bertz CT molecular complexity index is 3200. The minimum Gasteiger partial charge on any atom is -0.310 e. The first-order chi connectivity index (χ1) is 32.4. The largest absolute Gasteiger partial charge is 0.310 e. The lowest BCUT2D eigenvalue weighted by atomic mass is 9.39. The van der Waals surface area contributed by atoms with Gasteiger partial charge in [0.25, 0.3) is 6.71 Å². The summed E-state index contributed by atoms with van der Waals surface area (Å²) in [4.78, 5) is 5.39. The SMILES string of the molecule is CC(C)(C)c1ccc(N2c3cc(-c4ccccc4)cc4c3B(c3sc5cc6c(cc5c32)C(C)(C)CCC6(C)C)c2sc3cc5c(cc3c2N4c2ccc(C(C)(C)C)cc2)C(C)(C)CCC5(C)C)cc1. The minimum atomic E-state index is 0.0415. The Balaban J connectivity index is 1.24. The maximum absolute atomic E-state index is 2.69. The monoisotopic (exact) mass is 940 g/mol. The van der Waals surface area contributed by atoms with Gasteiger partial charge in [0.15, 0.2) is 0 Å². The highest BCUT2D eigenvalue weighted by molar-refractivity contribution is 7.40. The van der Waals surface area contributed by atoms with Crippen molar-refractivity contribution in [2.24, 2.45) is 0 Å². The molecule has 0 atom stereocenters. The summed E-state index contributed by atoms with van der Waals surface area (Å²) in [6.45, 7) is 33.9. The van der Waals surface area contributed by atoms with E-state index in [0.29, 0.717) is 0 Å². The molecule has 12 rings (SSSR count). The fourth-order valence-corrected chi connectivity index (χ4v) is 15.4. The summed E-state index contributed by atoms with van der Waals surface area (Å²) >= 11 is 4.13. The Labute approximate surface area is 420 Å². The molecular weight excluding hydrogens is 872 g/mol. The quantitative estimate of drug-likeness (QED) is 0.163. The second-order valence-electron chi connectivity index (χ2n) is 25.9. The molecule has 0 fully saturated rings. The topological polar surface area (TPSA) is 6.48 Å². The van der Waals surface area contributed by atoms with Gasteiger partial charge in [-0.05, 0) is 169 Å². The van der Waals surface area contributed by atoms with Crippen molar-refractivity contribution in [3.8, 4) is 11.1 Å². The lowest BCUT2D eigenvalue weighted by Crippen LogP contribution is -2.59. The molecule has 0 spiro atoms. The van der Waals surface area contributed by atoms with Gasteiger partial charge in [-0.25, -0.2) is 0 Å². The van der Waals surface area contributed by atoms with Crippen LogP contribution >= 0.6 is 22.7 Å². The van der Waals surface area contributed by atoms with E-state index in [2.05, 4.69) is 245 Å². The average Bonchev–Trinajstić information content (AvgIpc) is 3.86. The van der Waals surface area contributed by atoms with Gasteiger partial charge < -0.3 is 9.80 Å². The normalized spacial score (nSPS) is 18.4. The van der Waals surface area contributed by atoms with Gasteiger partial charge in [-0.1, -0.05) is 152 Å². The third kappa shape index (κ3) is 6.82. The van der Waals surface area contributed by atoms with Gasteiger partial charge in [-0.3, -0.25) is 0 Å². The maximum atomic E-state index is 2.69. The molecule has 0 radical (unpaired) electrons. The number of rotatable bonds is 3. The second kappa shape index (κ2) is 14.7. The van der Waals surface area contributed by atoms with Crippen LogP contribution in [0.4, 0.5) is 34.1 Å². The van der Waals surface area contributed by atoms with E-state index >= 15 is 0 Å². The van der Waals surface area contributed by atoms with Gasteiger partial charge in [-0.15, -0.1) is 22.7 Å². The molecule has 2 aliphatic heterocycles. The van der Waals surface area contributed by atoms with Gasteiger partial charge >= 0.3 is 0 Å². The highest BCUT2D eigenvalue weighted by Gasteiger charge is 2.49. The fourth-order valence-electron chi connectivity index (χ4n) is 12.6. The van der Waals surface area contributed by atoms with Crippen LogP contribution in [0.5, 0.6) is 0 Å². The van der Waals surface area contributed by atoms with Crippen LogP contribution in [-0.4, -0.2) is 6.71 Å². The van der Waals surface area contributed by atoms with E-state index < -0.39 is 0 Å². The van der Waals surface area contributed by atoms with Gasteiger partial charge in [0.2, 0.25) is 0 Å². The molecule has 6 aromatic carbocycles. The molecule has 69 heavy (non-hydrogen) atoms. The summed E-state index contributed by atoms with van der Waals surface area (Å²) in [5.74, 6) is 0. The summed E-state index contributed by atoms with van der Waals surface area (Å²) < 4.78 is 5.73. The van der Waals surface area contributed by atoms with Crippen LogP contribution in [0.1, 0.15) is 156 Å². The zero-order valence-corrected chi connectivity index (χ0v) is 45.2. The number of nitrogens with zero attached hydrogens (tertiary/aromatic N) is 2. The van der Waals surface area contributed by atoms with Crippen molar-refractivity contribution >= 4 is 98.7 Å². The lowest BCUT2D eigenvalue weighted by molar-refractivity contribution is 0.332. The number of thiophene rings is 2. The van der Waals surface area contributed by atoms with Gasteiger partial charge in [0.05, 0.1) is 11.4 Å². The van der Waals surface area contributed by atoms with Crippen molar-refractivity contribution in [2.45, 2.75) is 155 Å². The van der Waals surface area contributed by atoms with Crippen molar-refractivity contribution < 1.29 is 0 Å². The zero-order chi connectivity index (χ0) is 48.5. The second-order valence-corrected chi connectivity index (χ2v) is 28.1. The molecular formula is C64H69BN2S2. The highest BCUT2D eigenvalue weighted by Crippen LogP contribution is 2.56. The van der Waals surface area contributed by atoms with E-state index in [4.69, 9.17) is 0 Å². The molecule has 0 saturated heterocycles. The van der Waals surface area contributed by atoms with Crippen molar-refractivity contribution in [3.05, 3.63) is 149 Å². The van der Waals surface area contributed by atoms with Gasteiger partial charge in [-0.2, -0.15) is 0 Å². The first-order valence-electron chi connectivity index (χ1n) is 25.7. The third-order valence-corrected chi connectivity index (χ3v) is 19.7. The van der Waals surface area contributed by atoms with Crippen LogP contribution in [0, 0.1) is 0 Å². The predicted molar refractivity (Wildman–Crippen MR) is 305 cm³/mol. The standard InChI is InChI=1S/C64H69BN2S2/c1-59(2,3)40-20-24-42(25-21-40)66-50-32-39(38-18-16-15-17-19-38)33-51-54(50)65(57-55(66)44-34-46-48(36-52(44)68-57)63(11,12)30-28-61(46,7)8)58-56(67(51)43-26-22-41(23-27-43)60(4,5)6)45-35-47-49(37-53(45)69-58)64(13,14)31-29-62(47,9)10/h15-27,32-37H,28-31H2,1-14H3. The van der Waals surface area contributed by atoms with E-state index in [1.54, 1.807) is 0 Å². The summed E-state index contributed by atoms with van der Waals surface area (Å²) in [6, 6.07) is 46.0. The Morgan fingerprint density at radius 1 is 0.435 bits per heavy atom. The smallest absolute Gasteiger partial charge is 0.277 e. The van der Waals surface area contributed by atoms with Gasteiger partial charge in [0.1, 0.15) is 0 Å². The number of anilines is 6. The Morgan fingerprint density at radius 2 is 0.797 bits per heavy atom. The average molecular weight is 941 g/mol. The number of benzene rings is 6. The number of hydrogen-bond acceptors (Lipinski definition) is 4. The summed E-state index contributed by atoms with van der Waals surface area (Å²) in [7, 11) is 0. The molecule has 0 bridgehead atoms. The summed E-state index contributed by atoms with van der Waals surface area (Å²) in [6.07, 6.45) is 4.77. The van der Waals surface area contributed by atoms with Crippen LogP contribution in [0.2, 0.25) is 0 Å². The molecule has 4 aliphatic rings. The van der Waals surface area contributed by atoms with Crippen LogP contribution in [0.25, 0.3) is 31.3 Å². The van der Waals surface area contributed by atoms with E-state index in [0.717, 1.165) is 0 Å². The molecule has 350 valence electrons. The minimum absolute atomic E-state index is 0.0415. The number of hydrogen-bond donors (Lipinski definition) is 0. The first kappa shape index (κ1) is 45.1. The zero-order valence-electron chi connectivity index (χ0n) is 43.6. The van der Waals surface area contributed by atoms with Gasteiger partial charge in [0, 0.05) is 52.5 Å². The summed E-state index contributed by atoms with van der Waals surface area (Å²) in [5.41, 5.74) is 20.9. The highest BCUT2D eigenvalue weighted by atomic mass is 32.1. The van der Waals surface area contributed by atoms with E-state index in [-0.39, 0.29) is 39.2 Å². The van der Waals surface area contributed by atoms with E-state index in [9.17, 15) is 0 Å². The van der Waals surface area contributed by atoms with Crippen molar-refractivity contribution in [3.63, 3.8) is 0 Å². The first-order valence-corrected chi connectivity index (χ1v) is 27.3. The predicted octanol–water partition coefficient (Wildman–Crippen LogP) is 17.2. The molecule has 8 aromatic rings. The van der Waals surface area contributed by atoms with Crippen molar-refractivity contribution in [2.75, 3.05) is 9.80 Å². The summed E-state index contributed by atoms with van der Waals surface area (Å²) in [5, 5.41) is 2.78. The Morgan fingerprint density at radius 3 is 1.16 bits per heavy atom. The van der Waals surface area contributed by atoms with Crippen molar-refractivity contribution in [1.82, 2.24) is 0 Å². The molecule has 5 heteroatoms.